The lowest BCUT2D eigenvalue weighted by atomic mass is 9.86. The molecule has 0 radical (unpaired) electrons. The fraction of sp³-hybridized carbons (Fsp3) is 0.471. The Morgan fingerprint density at radius 1 is 1.29 bits per heavy atom. The van der Waals surface area contributed by atoms with E-state index in [1.807, 2.05) is 13.0 Å². The minimum absolute atomic E-state index is 0.299. The van der Waals surface area contributed by atoms with E-state index >= 15 is 0 Å². The van der Waals surface area contributed by atoms with Crippen LogP contribution in [0.15, 0.2) is 28.0 Å². The summed E-state index contributed by atoms with van der Waals surface area (Å²) in [6.07, 6.45) is 5.00. The smallest absolute Gasteiger partial charge is 0.328 e. The van der Waals surface area contributed by atoms with Crippen LogP contribution in [0.4, 0.5) is 0 Å². The molecule has 24 heavy (non-hydrogen) atoms. The molecule has 2 aromatic rings. The summed E-state index contributed by atoms with van der Waals surface area (Å²) in [7, 11) is 0. The molecule has 4 heterocycles. The van der Waals surface area contributed by atoms with E-state index in [-0.39, 0.29) is 5.56 Å². The van der Waals surface area contributed by atoms with Gasteiger partial charge in [-0.1, -0.05) is 6.07 Å². The average Bonchev–Trinajstić information content (AvgIpc) is 2.91. The summed E-state index contributed by atoms with van der Waals surface area (Å²) in [5, 5.41) is 3.29. The first-order valence-corrected chi connectivity index (χ1v) is 8.21. The molecule has 0 aromatic carbocycles. The largest absolute Gasteiger partial charge is 0.364 e. The van der Waals surface area contributed by atoms with Crippen LogP contribution in [0.3, 0.4) is 0 Å². The molecule has 1 spiro atoms. The van der Waals surface area contributed by atoms with Crippen molar-refractivity contribution in [3.8, 4) is 0 Å². The van der Waals surface area contributed by atoms with Crippen LogP contribution in [0.1, 0.15) is 35.2 Å². The van der Waals surface area contributed by atoms with Crippen molar-refractivity contribution < 1.29 is 4.74 Å². The molecule has 2 aliphatic rings. The summed E-state index contributed by atoms with van der Waals surface area (Å²) in [4.78, 5) is 31.5. The molecule has 0 bridgehead atoms. The van der Waals surface area contributed by atoms with Crippen molar-refractivity contribution in [1.29, 1.82) is 0 Å². The molecule has 0 unspecified atom stereocenters. The van der Waals surface area contributed by atoms with Crippen LogP contribution in [0.5, 0.6) is 0 Å². The summed E-state index contributed by atoms with van der Waals surface area (Å²) in [5.74, 6) is 0. The number of H-pyrrole nitrogens is 1. The highest BCUT2D eigenvalue weighted by Gasteiger charge is 2.44. The number of aryl methyl sites for hydroxylation is 1. The fourth-order valence-electron chi connectivity index (χ4n) is 3.79. The molecule has 0 atom stereocenters. The third-order valence-corrected chi connectivity index (χ3v) is 4.93. The van der Waals surface area contributed by atoms with E-state index in [0.29, 0.717) is 24.4 Å². The molecule has 0 saturated carbocycles. The van der Waals surface area contributed by atoms with Crippen LogP contribution in [0.2, 0.25) is 0 Å². The molecule has 2 N–H and O–H groups in total. The summed E-state index contributed by atoms with van der Waals surface area (Å²) in [6, 6.07) is 1.99. The SMILES string of the molecule is Cc1cncc(Cn2c3c(c(=O)[nH]c2=O)C2(CCNCC2)OC3)c1. The highest BCUT2D eigenvalue weighted by molar-refractivity contribution is 5.30. The second-order valence-electron chi connectivity index (χ2n) is 6.57. The Labute approximate surface area is 138 Å². The molecule has 0 aliphatic carbocycles. The number of nitrogens with zero attached hydrogens (tertiary/aromatic N) is 2. The molecular weight excluding hydrogens is 308 g/mol. The maximum absolute atomic E-state index is 12.5. The summed E-state index contributed by atoms with van der Waals surface area (Å²) in [6.45, 7) is 4.25. The van der Waals surface area contributed by atoms with E-state index in [4.69, 9.17) is 4.74 Å². The predicted molar refractivity (Wildman–Crippen MR) is 88.0 cm³/mol. The number of hydrogen-bond donors (Lipinski definition) is 2. The molecule has 1 saturated heterocycles. The van der Waals surface area contributed by atoms with Crippen LogP contribution in [0.25, 0.3) is 0 Å². The maximum Gasteiger partial charge on any atom is 0.328 e. The summed E-state index contributed by atoms with van der Waals surface area (Å²) >= 11 is 0. The van der Waals surface area contributed by atoms with E-state index in [2.05, 4.69) is 15.3 Å². The molecule has 4 rings (SSSR count). The van der Waals surface area contributed by atoms with Crippen molar-refractivity contribution in [3.05, 3.63) is 61.7 Å². The van der Waals surface area contributed by atoms with Gasteiger partial charge < -0.3 is 10.1 Å². The van der Waals surface area contributed by atoms with Gasteiger partial charge in [-0.3, -0.25) is 19.3 Å². The van der Waals surface area contributed by atoms with Crippen LogP contribution >= 0.6 is 0 Å². The van der Waals surface area contributed by atoms with Gasteiger partial charge in [0.2, 0.25) is 0 Å². The van der Waals surface area contributed by atoms with E-state index in [9.17, 15) is 9.59 Å². The Kier molecular flexibility index (Phi) is 3.62. The number of hydrogen-bond acceptors (Lipinski definition) is 5. The van der Waals surface area contributed by atoms with Crippen LogP contribution in [0, 0.1) is 6.92 Å². The first-order valence-electron chi connectivity index (χ1n) is 8.21. The number of rotatable bonds is 2. The molecule has 7 heteroatoms. The van der Waals surface area contributed by atoms with E-state index in [0.717, 1.165) is 37.1 Å². The Bertz CT molecular complexity index is 893. The van der Waals surface area contributed by atoms with Crippen LogP contribution in [-0.2, 0) is 23.5 Å². The number of aromatic amines is 1. The minimum atomic E-state index is -0.561. The zero-order valence-corrected chi connectivity index (χ0v) is 13.6. The second kappa shape index (κ2) is 5.68. The van der Waals surface area contributed by atoms with Gasteiger partial charge in [-0.25, -0.2) is 4.79 Å². The number of nitrogens with one attached hydrogen (secondary N) is 2. The number of fused-ring (bicyclic) bond motifs is 2. The van der Waals surface area contributed by atoms with Crippen molar-refractivity contribution in [2.45, 2.75) is 38.5 Å². The van der Waals surface area contributed by atoms with Crippen molar-refractivity contribution in [2.24, 2.45) is 0 Å². The van der Waals surface area contributed by atoms with Gasteiger partial charge in [0.1, 0.15) is 5.60 Å². The Balaban J connectivity index is 1.82. The van der Waals surface area contributed by atoms with E-state index < -0.39 is 11.3 Å². The first-order chi connectivity index (χ1) is 11.6. The van der Waals surface area contributed by atoms with Crippen molar-refractivity contribution in [2.75, 3.05) is 13.1 Å². The molecule has 2 aromatic heterocycles. The molecule has 0 amide bonds. The topological polar surface area (TPSA) is 89.0 Å². The number of ether oxygens (including phenoxy) is 1. The number of aromatic nitrogens is 3. The highest BCUT2D eigenvalue weighted by Crippen LogP contribution is 2.40. The predicted octanol–water partition coefficient (Wildman–Crippen LogP) is 0.397. The van der Waals surface area contributed by atoms with E-state index in [1.165, 1.54) is 0 Å². The Hall–Kier alpha value is -2.25. The molecule has 7 nitrogen and oxygen atoms in total. The lowest BCUT2D eigenvalue weighted by molar-refractivity contribution is -0.0602. The first kappa shape index (κ1) is 15.3. The lowest BCUT2D eigenvalue weighted by Crippen LogP contribution is -2.44. The molecule has 2 aliphatic heterocycles. The molecule has 1 fully saturated rings. The standard InChI is InChI=1S/C17H20N4O3/c1-11-6-12(8-19-7-11)9-21-13-10-24-17(2-4-18-5-3-17)14(13)15(22)20-16(21)23/h6-8,18H,2-5,9-10H2,1H3,(H,20,22,23). The summed E-state index contributed by atoms with van der Waals surface area (Å²) < 4.78 is 7.67. The third kappa shape index (κ3) is 2.40. The molecule has 126 valence electrons. The van der Waals surface area contributed by atoms with Gasteiger partial charge in [0, 0.05) is 12.4 Å². The second-order valence-corrected chi connectivity index (χ2v) is 6.57. The zero-order valence-electron chi connectivity index (χ0n) is 13.6. The van der Waals surface area contributed by atoms with E-state index in [1.54, 1.807) is 17.0 Å². The van der Waals surface area contributed by atoms with Gasteiger partial charge in [-0.2, -0.15) is 0 Å². The van der Waals surface area contributed by atoms with Crippen LogP contribution < -0.4 is 16.6 Å². The number of piperidine rings is 1. The van der Waals surface area contributed by atoms with Gasteiger partial charge in [-0.15, -0.1) is 0 Å². The third-order valence-electron chi connectivity index (χ3n) is 4.93. The van der Waals surface area contributed by atoms with Crippen molar-refractivity contribution >= 4 is 0 Å². The fourth-order valence-corrected chi connectivity index (χ4v) is 3.79. The van der Waals surface area contributed by atoms with Gasteiger partial charge in [-0.05, 0) is 44.0 Å². The van der Waals surface area contributed by atoms with Gasteiger partial charge >= 0.3 is 5.69 Å². The molecular formula is C17H20N4O3. The summed E-state index contributed by atoms with van der Waals surface area (Å²) in [5.41, 5.74) is 2.03. The normalized spacial score (nSPS) is 18.7. The van der Waals surface area contributed by atoms with Crippen molar-refractivity contribution in [3.63, 3.8) is 0 Å². The van der Waals surface area contributed by atoms with Crippen molar-refractivity contribution in [1.82, 2.24) is 19.9 Å². The van der Waals surface area contributed by atoms with Gasteiger partial charge in [0.05, 0.1) is 24.4 Å². The Morgan fingerprint density at radius 3 is 2.83 bits per heavy atom. The Morgan fingerprint density at radius 2 is 2.08 bits per heavy atom. The zero-order chi connectivity index (χ0) is 16.7. The van der Waals surface area contributed by atoms with Crippen LogP contribution in [-0.4, -0.2) is 27.6 Å². The lowest BCUT2D eigenvalue weighted by Gasteiger charge is -2.33. The monoisotopic (exact) mass is 328 g/mol. The number of pyridine rings is 1. The maximum atomic E-state index is 12.5. The van der Waals surface area contributed by atoms with Gasteiger partial charge in [0.25, 0.3) is 5.56 Å². The average molecular weight is 328 g/mol. The van der Waals surface area contributed by atoms with Gasteiger partial charge in [0.15, 0.2) is 0 Å². The minimum Gasteiger partial charge on any atom is -0.364 e. The highest BCUT2D eigenvalue weighted by atomic mass is 16.5. The quantitative estimate of drug-likeness (QED) is 0.833.